The van der Waals surface area contributed by atoms with E-state index >= 15 is 0 Å². The number of carbonyl (C=O) groups excluding carboxylic acids is 1. The molecule has 3 aromatic rings. The number of benzene rings is 2. The molecule has 2 aromatic carbocycles. The third-order valence-corrected chi connectivity index (χ3v) is 5.51. The minimum atomic E-state index is 0.203. The quantitative estimate of drug-likeness (QED) is 0.324. The molecule has 0 atom stereocenters. The molecule has 1 heterocycles. The second kappa shape index (κ2) is 7.87. The molecule has 0 spiro atoms. The molecule has 0 aliphatic heterocycles. The fourth-order valence-electron chi connectivity index (χ4n) is 2.96. The minimum absolute atomic E-state index is 0.203. The van der Waals surface area contributed by atoms with E-state index in [2.05, 4.69) is 26.9 Å². The van der Waals surface area contributed by atoms with Crippen molar-refractivity contribution in [1.82, 2.24) is 14.8 Å². The summed E-state index contributed by atoms with van der Waals surface area (Å²) >= 11 is 1.68. The van der Waals surface area contributed by atoms with Gasteiger partial charge in [-0.15, -0.1) is 10.2 Å². The van der Waals surface area contributed by atoms with Gasteiger partial charge in [0.2, 0.25) is 0 Å². The van der Waals surface area contributed by atoms with Gasteiger partial charge in [0, 0.05) is 29.3 Å². The largest absolute Gasteiger partial charge is 0.294 e. The van der Waals surface area contributed by atoms with Crippen LogP contribution in [0.5, 0.6) is 0 Å². The summed E-state index contributed by atoms with van der Waals surface area (Å²) in [6.45, 7) is 0. The summed E-state index contributed by atoms with van der Waals surface area (Å²) in [5.41, 5.74) is 1.91. The molecule has 1 saturated carbocycles. The standard InChI is InChI=1S/C21H21N3OS/c25-19(16-8-3-1-4-9-16)12-7-15-26-21-23-22-20(17-13-14-17)24(21)18-10-5-2-6-11-18/h1-6,8-11,17H,7,12-15H2. The maximum Gasteiger partial charge on any atom is 0.195 e. The van der Waals surface area contributed by atoms with Gasteiger partial charge in [-0.25, -0.2) is 0 Å². The topological polar surface area (TPSA) is 47.8 Å². The van der Waals surface area contributed by atoms with Crippen molar-refractivity contribution in [2.24, 2.45) is 0 Å². The number of rotatable bonds is 8. The second-order valence-electron chi connectivity index (χ2n) is 6.53. The Morgan fingerprint density at radius 3 is 2.38 bits per heavy atom. The summed E-state index contributed by atoms with van der Waals surface area (Å²) in [5, 5.41) is 9.78. The highest BCUT2D eigenvalue weighted by atomic mass is 32.2. The molecule has 132 valence electrons. The molecule has 4 rings (SSSR count). The number of hydrogen-bond donors (Lipinski definition) is 0. The molecule has 0 unspecified atom stereocenters. The Morgan fingerprint density at radius 2 is 1.69 bits per heavy atom. The van der Waals surface area contributed by atoms with E-state index in [4.69, 9.17) is 0 Å². The zero-order valence-corrected chi connectivity index (χ0v) is 15.4. The lowest BCUT2D eigenvalue weighted by Crippen LogP contribution is -2.02. The molecule has 1 aliphatic rings. The van der Waals surface area contributed by atoms with Crippen molar-refractivity contribution in [3.05, 3.63) is 72.1 Å². The Balaban J connectivity index is 1.40. The summed E-state index contributed by atoms with van der Waals surface area (Å²) in [4.78, 5) is 12.2. The fourth-order valence-corrected chi connectivity index (χ4v) is 3.86. The molecule has 0 saturated heterocycles. The summed E-state index contributed by atoms with van der Waals surface area (Å²) in [6, 6.07) is 19.8. The summed E-state index contributed by atoms with van der Waals surface area (Å²) in [7, 11) is 0. The van der Waals surface area contributed by atoms with Crippen LogP contribution in [-0.2, 0) is 0 Å². The van der Waals surface area contributed by atoms with Crippen LogP contribution < -0.4 is 0 Å². The number of para-hydroxylation sites is 1. The van der Waals surface area contributed by atoms with Crippen molar-refractivity contribution >= 4 is 17.5 Å². The van der Waals surface area contributed by atoms with E-state index in [0.29, 0.717) is 12.3 Å². The predicted molar refractivity (Wildman–Crippen MR) is 104 cm³/mol. The van der Waals surface area contributed by atoms with Gasteiger partial charge in [0.25, 0.3) is 0 Å². The van der Waals surface area contributed by atoms with Crippen LogP contribution >= 0.6 is 11.8 Å². The third kappa shape index (κ3) is 3.88. The van der Waals surface area contributed by atoms with Gasteiger partial charge in [0.1, 0.15) is 5.82 Å². The van der Waals surface area contributed by atoms with Crippen LogP contribution in [0.1, 0.15) is 47.8 Å². The number of carbonyl (C=O) groups is 1. The predicted octanol–water partition coefficient (Wildman–Crippen LogP) is 4.90. The van der Waals surface area contributed by atoms with E-state index in [1.54, 1.807) is 11.8 Å². The van der Waals surface area contributed by atoms with E-state index < -0.39 is 0 Å². The zero-order chi connectivity index (χ0) is 17.8. The van der Waals surface area contributed by atoms with Gasteiger partial charge in [-0.3, -0.25) is 9.36 Å². The van der Waals surface area contributed by atoms with Crippen molar-refractivity contribution in [3.8, 4) is 5.69 Å². The molecular formula is C21H21N3OS. The van der Waals surface area contributed by atoms with Crippen molar-refractivity contribution in [1.29, 1.82) is 0 Å². The molecule has 26 heavy (non-hydrogen) atoms. The number of Topliss-reactive ketones (excluding diaryl/α,β-unsaturated/α-hetero) is 1. The highest BCUT2D eigenvalue weighted by Gasteiger charge is 2.30. The van der Waals surface area contributed by atoms with Crippen molar-refractivity contribution in [2.75, 3.05) is 5.75 Å². The summed E-state index contributed by atoms with van der Waals surface area (Å²) in [5.74, 6) is 2.67. The van der Waals surface area contributed by atoms with Crippen LogP contribution in [0.15, 0.2) is 65.8 Å². The van der Waals surface area contributed by atoms with Crippen molar-refractivity contribution < 1.29 is 4.79 Å². The number of hydrogen-bond acceptors (Lipinski definition) is 4. The van der Waals surface area contributed by atoms with Crippen LogP contribution in [-0.4, -0.2) is 26.3 Å². The first kappa shape index (κ1) is 17.0. The molecule has 1 aromatic heterocycles. The van der Waals surface area contributed by atoms with Gasteiger partial charge in [-0.1, -0.05) is 60.3 Å². The first-order chi connectivity index (χ1) is 12.8. The van der Waals surface area contributed by atoms with E-state index in [9.17, 15) is 4.79 Å². The van der Waals surface area contributed by atoms with Crippen molar-refractivity contribution in [3.63, 3.8) is 0 Å². The van der Waals surface area contributed by atoms with Crippen LogP contribution in [0.4, 0.5) is 0 Å². The Hall–Kier alpha value is -2.40. The molecule has 1 aliphatic carbocycles. The fraction of sp³-hybridized carbons (Fsp3) is 0.286. The molecule has 1 fully saturated rings. The maximum atomic E-state index is 12.2. The first-order valence-corrected chi connectivity index (χ1v) is 10.0. The van der Waals surface area contributed by atoms with Crippen molar-refractivity contribution in [2.45, 2.75) is 36.8 Å². The molecule has 0 radical (unpaired) electrons. The van der Waals surface area contributed by atoms with E-state index in [1.165, 1.54) is 12.8 Å². The number of aromatic nitrogens is 3. The van der Waals surface area contributed by atoms with Gasteiger partial charge in [-0.2, -0.15) is 0 Å². The molecule has 0 bridgehead atoms. The third-order valence-electron chi connectivity index (χ3n) is 4.49. The van der Waals surface area contributed by atoms with Crippen LogP contribution in [0.2, 0.25) is 0 Å². The highest BCUT2D eigenvalue weighted by Crippen LogP contribution is 2.41. The number of thioether (sulfide) groups is 1. The maximum absolute atomic E-state index is 12.2. The SMILES string of the molecule is O=C(CCCSc1nnc(C2CC2)n1-c1ccccc1)c1ccccc1. The summed E-state index contributed by atoms with van der Waals surface area (Å²) < 4.78 is 2.18. The lowest BCUT2D eigenvalue weighted by Gasteiger charge is -2.09. The molecule has 5 heteroatoms. The first-order valence-electron chi connectivity index (χ1n) is 9.05. The Bertz CT molecular complexity index is 873. The normalized spacial score (nSPS) is 13.7. The lowest BCUT2D eigenvalue weighted by molar-refractivity contribution is 0.0982. The van der Waals surface area contributed by atoms with Crippen LogP contribution in [0, 0.1) is 0 Å². The average molecular weight is 363 g/mol. The zero-order valence-electron chi connectivity index (χ0n) is 14.5. The molecule has 0 amide bonds. The van der Waals surface area contributed by atoms with Gasteiger partial charge < -0.3 is 0 Å². The van der Waals surface area contributed by atoms with Gasteiger partial charge in [0.15, 0.2) is 10.9 Å². The van der Waals surface area contributed by atoms with Crippen LogP contribution in [0.3, 0.4) is 0 Å². The van der Waals surface area contributed by atoms with E-state index in [1.807, 2.05) is 48.5 Å². The van der Waals surface area contributed by atoms with Gasteiger partial charge in [0.05, 0.1) is 0 Å². The van der Waals surface area contributed by atoms with E-state index in [0.717, 1.165) is 34.4 Å². The van der Waals surface area contributed by atoms with E-state index in [-0.39, 0.29) is 5.78 Å². The smallest absolute Gasteiger partial charge is 0.195 e. The monoisotopic (exact) mass is 363 g/mol. The Morgan fingerprint density at radius 1 is 1.00 bits per heavy atom. The molecule has 4 nitrogen and oxygen atoms in total. The number of ketones is 1. The minimum Gasteiger partial charge on any atom is -0.294 e. The van der Waals surface area contributed by atoms with Gasteiger partial charge >= 0.3 is 0 Å². The molecular weight excluding hydrogens is 342 g/mol. The summed E-state index contributed by atoms with van der Waals surface area (Å²) in [6.07, 6.45) is 3.78. The second-order valence-corrected chi connectivity index (χ2v) is 7.59. The highest BCUT2D eigenvalue weighted by molar-refractivity contribution is 7.99. The molecule has 0 N–H and O–H groups in total. The Labute approximate surface area is 157 Å². The van der Waals surface area contributed by atoms with Crippen LogP contribution in [0.25, 0.3) is 5.69 Å². The Kier molecular flexibility index (Phi) is 5.16. The van der Waals surface area contributed by atoms with Gasteiger partial charge in [-0.05, 0) is 31.4 Å². The average Bonchev–Trinajstić information content (AvgIpc) is 3.46. The lowest BCUT2D eigenvalue weighted by atomic mass is 10.1. The number of nitrogens with zero attached hydrogens (tertiary/aromatic N) is 3.